The van der Waals surface area contributed by atoms with E-state index in [9.17, 15) is 0 Å². The lowest BCUT2D eigenvalue weighted by Gasteiger charge is -1.99. The molecule has 0 N–H and O–H groups in total. The van der Waals surface area contributed by atoms with Crippen molar-refractivity contribution in [2.45, 2.75) is 6.92 Å². The maximum Gasteiger partial charge on any atom is 0.235 e. The second kappa shape index (κ2) is 5.60. The molecule has 7 heteroatoms. The molecule has 2 heterocycles. The quantitative estimate of drug-likeness (QED) is 0.497. The summed E-state index contributed by atoms with van der Waals surface area (Å²) in [5, 5.41) is 14.9. The molecule has 0 fully saturated rings. The highest BCUT2D eigenvalue weighted by Gasteiger charge is 2.15. The number of aromatic nitrogens is 4. The molecule has 2 aromatic carbocycles. The molecule has 0 aliphatic rings. The van der Waals surface area contributed by atoms with E-state index in [1.807, 2.05) is 30.3 Å². The van der Waals surface area contributed by atoms with Crippen LogP contribution in [-0.4, -0.2) is 19.8 Å². The summed E-state index contributed by atoms with van der Waals surface area (Å²) in [6, 6.07) is 13.6. The summed E-state index contributed by atoms with van der Waals surface area (Å²) in [5.41, 5.74) is 3.09. The van der Waals surface area contributed by atoms with E-state index in [4.69, 9.17) is 23.2 Å². The molecule has 114 valence electrons. The first kappa shape index (κ1) is 14.6. The van der Waals surface area contributed by atoms with Gasteiger partial charge in [0.05, 0.1) is 10.0 Å². The second-order valence-corrected chi connectivity index (χ2v) is 6.89. The van der Waals surface area contributed by atoms with E-state index in [-0.39, 0.29) is 0 Å². The van der Waals surface area contributed by atoms with Gasteiger partial charge in [-0.1, -0.05) is 70.4 Å². The molecule has 0 spiro atoms. The summed E-state index contributed by atoms with van der Waals surface area (Å²) in [5.74, 6) is 0.725. The van der Waals surface area contributed by atoms with Gasteiger partial charge in [-0.25, -0.2) is 0 Å². The van der Waals surface area contributed by atoms with E-state index < -0.39 is 0 Å². The molecule has 0 amide bonds. The van der Waals surface area contributed by atoms with E-state index >= 15 is 0 Å². The first-order valence-corrected chi connectivity index (χ1v) is 8.44. The van der Waals surface area contributed by atoms with Crippen LogP contribution in [0.5, 0.6) is 0 Å². The Labute approximate surface area is 146 Å². The Morgan fingerprint density at radius 2 is 1.65 bits per heavy atom. The SMILES string of the molecule is Cc1ccc(-c2nnc3sc(-c4ccc(Cl)c(Cl)c4)nn23)cc1. The van der Waals surface area contributed by atoms with Gasteiger partial charge in [0.15, 0.2) is 5.82 Å². The number of halogens is 2. The number of rotatable bonds is 2. The Morgan fingerprint density at radius 3 is 2.39 bits per heavy atom. The van der Waals surface area contributed by atoms with Gasteiger partial charge in [0.25, 0.3) is 0 Å². The number of benzene rings is 2. The molecule has 4 nitrogen and oxygen atoms in total. The smallest absolute Gasteiger partial charge is 0.182 e. The molecular formula is C16H10Cl2N4S. The molecule has 0 bridgehead atoms. The molecule has 0 radical (unpaired) electrons. The van der Waals surface area contributed by atoms with E-state index in [1.54, 1.807) is 16.6 Å². The molecule has 0 saturated carbocycles. The zero-order valence-electron chi connectivity index (χ0n) is 12.0. The molecule has 4 aromatic rings. The summed E-state index contributed by atoms with van der Waals surface area (Å²) < 4.78 is 1.76. The van der Waals surface area contributed by atoms with Crippen molar-refractivity contribution in [3.8, 4) is 22.0 Å². The molecule has 0 saturated heterocycles. The van der Waals surface area contributed by atoms with Crippen LogP contribution in [0.1, 0.15) is 5.56 Å². The minimum Gasteiger partial charge on any atom is -0.182 e. The van der Waals surface area contributed by atoms with Crippen LogP contribution >= 0.6 is 34.5 Å². The molecule has 2 aromatic heterocycles. The lowest BCUT2D eigenvalue weighted by Crippen LogP contribution is -1.91. The average molecular weight is 361 g/mol. The number of hydrogen-bond acceptors (Lipinski definition) is 4. The van der Waals surface area contributed by atoms with Crippen molar-refractivity contribution in [3.05, 3.63) is 58.1 Å². The molecule has 0 aliphatic heterocycles. The lowest BCUT2D eigenvalue weighted by atomic mass is 10.1. The van der Waals surface area contributed by atoms with Crippen LogP contribution in [0.15, 0.2) is 42.5 Å². The number of aryl methyl sites for hydroxylation is 1. The summed E-state index contributed by atoms with van der Waals surface area (Å²) in [6.07, 6.45) is 0. The monoisotopic (exact) mass is 360 g/mol. The first-order chi connectivity index (χ1) is 11.1. The van der Waals surface area contributed by atoms with Crippen molar-refractivity contribution >= 4 is 39.5 Å². The van der Waals surface area contributed by atoms with Crippen LogP contribution in [0, 0.1) is 6.92 Å². The summed E-state index contributed by atoms with van der Waals surface area (Å²) >= 11 is 13.5. The highest BCUT2D eigenvalue weighted by molar-refractivity contribution is 7.19. The molecule has 4 rings (SSSR count). The van der Waals surface area contributed by atoms with Crippen molar-refractivity contribution in [2.24, 2.45) is 0 Å². The fraction of sp³-hybridized carbons (Fsp3) is 0.0625. The van der Waals surface area contributed by atoms with E-state index in [2.05, 4.69) is 22.2 Å². The standard InChI is InChI=1S/C16H10Cl2N4S/c1-9-2-4-10(5-3-9)14-19-20-16-22(14)21-15(23-16)11-6-7-12(17)13(18)8-11/h2-8H,1H3. The van der Waals surface area contributed by atoms with Gasteiger partial charge < -0.3 is 0 Å². The van der Waals surface area contributed by atoms with E-state index in [0.717, 1.165) is 26.9 Å². The van der Waals surface area contributed by atoms with Crippen LogP contribution < -0.4 is 0 Å². The predicted octanol–water partition coefficient (Wildman–Crippen LogP) is 5.14. The first-order valence-electron chi connectivity index (χ1n) is 6.86. The Kier molecular flexibility index (Phi) is 3.56. The Balaban J connectivity index is 1.82. The van der Waals surface area contributed by atoms with Gasteiger partial charge in [-0.15, -0.1) is 10.2 Å². The van der Waals surface area contributed by atoms with Crippen LogP contribution in [0.4, 0.5) is 0 Å². The summed E-state index contributed by atoms with van der Waals surface area (Å²) in [4.78, 5) is 0.738. The minimum atomic E-state index is 0.508. The Morgan fingerprint density at radius 1 is 0.913 bits per heavy atom. The second-order valence-electron chi connectivity index (χ2n) is 5.12. The number of hydrogen-bond donors (Lipinski definition) is 0. The molecule has 0 aliphatic carbocycles. The topological polar surface area (TPSA) is 43.1 Å². The Hall–Kier alpha value is -1.95. The van der Waals surface area contributed by atoms with Gasteiger partial charge in [-0.3, -0.25) is 0 Å². The van der Waals surface area contributed by atoms with Gasteiger partial charge in [0.1, 0.15) is 5.01 Å². The van der Waals surface area contributed by atoms with Gasteiger partial charge in [0, 0.05) is 11.1 Å². The maximum absolute atomic E-state index is 6.09. The third-order valence-corrected chi connectivity index (χ3v) is 5.15. The zero-order valence-corrected chi connectivity index (χ0v) is 14.3. The highest BCUT2D eigenvalue weighted by atomic mass is 35.5. The molecular weight excluding hydrogens is 351 g/mol. The van der Waals surface area contributed by atoms with E-state index in [0.29, 0.717) is 10.0 Å². The Bertz CT molecular complexity index is 1000. The van der Waals surface area contributed by atoms with Crippen molar-refractivity contribution in [1.29, 1.82) is 0 Å². The van der Waals surface area contributed by atoms with Crippen molar-refractivity contribution in [3.63, 3.8) is 0 Å². The fourth-order valence-electron chi connectivity index (χ4n) is 2.25. The van der Waals surface area contributed by atoms with Crippen molar-refractivity contribution < 1.29 is 0 Å². The van der Waals surface area contributed by atoms with Crippen LogP contribution in [-0.2, 0) is 0 Å². The lowest BCUT2D eigenvalue weighted by molar-refractivity contribution is 0.970. The van der Waals surface area contributed by atoms with Crippen molar-refractivity contribution in [2.75, 3.05) is 0 Å². The minimum absolute atomic E-state index is 0.508. The molecule has 0 atom stereocenters. The van der Waals surface area contributed by atoms with Gasteiger partial charge in [-0.2, -0.15) is 9.61 Å². The average Bonchev–Trinajstić information content (AvgIpc) is 3.11. The van der Waals surface area contributed by atoms with E-state index in [1.165, 1.54) is 16.9 Å². The van der Waals surface area contributed by atoms with Crippen LogP contribution in [0.25, 0.3) is 26.9 Å². The molecule has 23 heavy (non-hydrogen) atoms. The van der Waals surface area contributed by atoms with Gasteiger partial charge in [0.2, 0.25) is 4.96 Å². The maximum atomic E-state index is 6.09. The number of nitrogens with zero attached hydrogens (tertiary/aromatic N) is 4. The summed E-state index contributed by atoms with van der Waals surface area (Å²) in [7, 11) is 0. The highest BCUT2D eigenvalue weighted by Crippen LogP contribution is 2.32. The normalized spacial score (nSPS) is 11.3. The largest absolute Gasteiger partial charge is 0.235 e. The van der Waals surface area contributed by atoms with Gasteiger partial charge >= 0.3 is 0 Å². The molecule has 0 unspecified atom stereocenters. The summed E-state index contributed by atoms with van der Waals surface area (Å²) in [6.45, 7) is 2.05. The third kappa shape index (κ3) is 2.61. The number of fused-ring (bicyclic) bond motifs is 1. The third-order valence-electron chi connectivity index (χ3n) is 3.47. The zero-order chi connectivity index (χ0) is 16.0. The van der Waals surface area contributed by atoms with Crippen LogP contribution in [0.2, 0.25) is 10.0 Å². The van der Waals surface area contributed by atoms with Crippen LogP contribution in [0.3, 0.4) is 0 Å². The van der Waals surface area contributed by atoms with Crippen molar-refractivity contribution in [1.82, 2.24) is 19.8 Å². The van der Waals surface area contributed by atoms with Gasteiger partial charge in [-0.05, 0) is 19.1 Å². The fourth-order valence-corrected chi connectivity index (χ4v) is 3.38. The predicted molar refractivity (Wildman–Crippen MR) is 94.3 cm³/mol.